The Morgan fingerprint density at radius 3 is 2.65 bits per heavy atom. The van der Waals surface area contributed by atoms with E-state index in [1.165, 1.54) is 3.97 Å². The lowest BCUT2D eigenvalue weighted by atomic mass is 9.97. The van der Waals surface area contributed by atoms with Crippen LogP contribution in [0.5, 0.6) is 0 Å². The van der Waals surface area contributed by atoms with Crippen molar-refractivity contribution in [2.24, 2.45) is 5.10 Å². The van der Waals surface area contributed by atoms with Crippen molar-refractivity contribution in [2.45, 2.75) is 36.4 Å². The highest BCUT2D eigenvalue weighted by Crippen LogP contribution is 2.35. The maximum absolute atomic E-state index is 13.7. The van der Waals surface area contributed by atoms with Crippen molar-refractivity contribution in [2.75, 3.05) is 26.8 Å². The summed E-state index contributed by atoms with van der Waals surface area (Å²) in [5.41, 5.74) is 3.97. The summed E-state index contributed by atoms with van der Waals surface area (Å²) in [6.07, 6.45) is 6.99. The van der Waals surface area contributed by atoms with Crippen molar-refractivity contribution < 1.29 is 17.9 Å². The predicted octanol–water partition coefficient (Wildman–Crippen LogP) is 4.52. The van der Waals surface area contributed by atoms with Gasteiger partial charge in [-0.15, -0.1) is 0 Å². The number of rotatable bonds is 7. The molecule has 0 bridgehead atoms. The number of likely N-dealkylation sites (N-methyl/N-ethyl adjacent to an activating group) is 1. The lowest BCUT2D eigenvalue weighted by Gasteiger charge is -2.22. The molecular formula is C30H29N5O4S. The number of fused-ring (bicyclic) bond motifs is 1. The third kappa shape index (κ3) is 4.99. The summed E-state index contributed by atoms with van der Waals surface area (Å²) in [5, 5.41) is 16.9. The second kappa shape index (κ2) is 10.8. The monoisotopic (exact) mass is 555 g/mol. The molecule has 1 unspecified atom stereocenters. The highest BCUT2D eigenvalue weighted by molar-refractivity contribution is 7.90. The van der Waals surface area contributed by atoms with Crippen LogP contribution in [-0.4, -0.2) is 61.5 Å². The third-order valence-electron chi connectivity index (χ3n) is 7.45. The molecule has 40 heavy (non-hydrogen) atoms. The minimum absolute atomic E-state index is 0.0446. The Morgan fingerprint density at radius 1 is 1.12 bits per heavy atom. The van der Waals surface area contributed by atoms with Crippen molar-refractivity contribution in [1.29, 1.82) is 5.26 Å². The zero-order valence-electron chi connectivity index (χ0n) is 22.1. The molecule has 1 atom stereocenters. The summed E-state index contributed by atoms with van der Waals surface area (Å²) in [5.74, 6) is 0.0446. The molecule has 0 N–H and O–H groups in total. The molecule has 6 rings (SSSR count). The van der Waals surface area contributed by atoms with E-state index in [-0.39, 0.29) is 16.9 Å². The molecular weight excluding hydrogens is 526 g/mol. The molecule has 1 fully saturated rings. The average molecular weight is 556 g/mol. The quantitative estimate of drug-likeness (QED) is 0.330. The van der Waals surface area contributed by atoms with Gasteiger partial charge in [0.1, 0.15) is 0 Å². The Balaban J connectivity index is 1.43. The minimum atomic E-state index is -3.91. The van der Waals surface area contributed by atoms with Gasteiger partial charge in [0.15, 0.2) is 5.65 Å². The largest absolute Gasteiger partial charge is 0.381 e. The second-order valence-corrected chi connectivity index (χ2v) is 11.9. The maximum Gasteiger partial charge on any atom is 0.269 e. The highest BCUT2D eigenvalue weighted by Gasteiger charge is 2.25. The number of hydrogen-bond donors (Lipinski definition) is 0. The Labute approximate surface area is 233 Å². The normalized spacial score (nSPS) is 17.9. The Hall–Kier alpha value is -4.04. The number of ether oxygens (including phenoxy) is 2. The molecule has 2 aromatic heterocycles. The summed E-state index contributed by atoms with van der Waals surface area (Å²) in [6, 6.07) is 18.2. The molecule has 2 aliphatic heterocycles. The molecule has 4 aromatic rings. The lowest BCUT2D eigenvalue weighted by Crippen LogP contribution is -2.23. The highest BCUT2D eigenvalue weighted by atomic mass is 32.2. The fraction of sp³-hybridized carbons (Fsp3) is 0.300. The van der Waals surface area contributed by atoms with E-state index in [4.69, 9.17) is 9.47 Å². The summed E-state index contributed by atoms with van der Waals surface area (Å²) in [7, 11) is -2.00. The van der Waals surface area contributed by atoms with Crippen LogP contribution in [0.15, 0.2) is 77.0 Å². The number of benzene rings is 2. The first-order valence-electron chi connectivity index (χ1n) is 13.2. The summed E-state index contributed by atoms with van der Waals surface area (Å²) < 4.78 is 40.1. The standard InChI is InChI=1S/C30H29N5O4S/c1-34-18-25(17-33-34)24-14-28-29(19-35(30(28)32-16-24)40(36,37)27-5-3-2-4-6-27)21-7-8-22(23(13-21)15-31)20-39-26-9-11-38-12-10-26/h2-8,13-14,16-17,19,25-26H,9-12,18,20H2,1H3. The van der Waals surface area contributed by atoms with E-state index in [9.17, 15) is 13.7 Å². The van der Waals surface area contributed by atoms with Gasteiger partial charge in [0.2, 0.25) is 0 Å². The molecule has 4 heterocycles. The van der Waals surface area contributed by atoms with E-state index >= 15 is 0 Å². The number of hydrazone groups is 1. The van der Waals surface area contributed by atoms with Gasteiger partial charge in [-0.2, -0.15) is 10.4 Å². The van der Waals surface area contributed by atoms with Gasteiger partial charge >= 0.3 is 0 Å². The fourth-order valence-electron chi connectivity index (χ4n) is 5.21. The molecule has 1 saturated heterocycles. The molecule has 204 valence electrons. The van der Waals surface area contributed by atoms with Gasteiger partial charge in [0, 0.05) is 62.3 Å². The third-order valence-corrected chi connectivity index (χ3v) is 9.11. The van der Waals surface area contributed by atoms with Crippen LogP contribution in [0.25, 0.3) is 22.2 Å². The molecule has 0 spiro atoms. The van der Waals surface area contributed by atoms with Crippen LogP contribution in [0.2, 0.25) is 0 Å². The Kier molecular flexibility index (Phi) is 7.11. The van der Waals surface area contributed by atoms with E-state index in [1.54, 1.807) is 48.8 Å². The Morgan fingerprint density at radius 2 is 1.93 bits per heavy atom. The van der Waals surface area contributed by atoms with Crippen molar-refractivity contribution in [3.05, 3.63) is 83.7 Å². The van der Waals surface area contributed by atoms with E-state index in [0.717, 1.165) is 29.5 Å². The van der Waals surface area contributed by atoms with Crippen molar-refractivity contribution in [3.63, 3.8) is 0 Å². The number of nitrogens with zero attached hydrogens (tertiary/aromatic N) is 5. The van der Waals surface area contributed by atoms with Crippen LogP contribution in [0.1, 0.15) is 35.4 Å². The minimum Gasteiger partial charge on any atom is -0.381 e. The van der Waals surface area contributed by atoms with Crippen LogP contribution in [-0.2, 0) is 26.1 Å². The molecule has 0 aliphatic carbocycles. The lowest BCUT2D eigenvalue weighted by molar-refractivity contribution is -0.0391. The molecule has 10 heteroatoms. The Bertz CT molecular complexity index is 1720. The fourth-order valence-corrected chi connectivity index (χ4v) is 6.55. The van der Waals surface area contributed by atoms with Gasteiger partial charge in [-0.05, 0) is 53.8 Å². The predicted molar refractivity (Wildman–Crippen MR) is 151 cm³/mol. The maximum atomic E-state index is 13.7. The van der Waals surface area contributed by atoms with Crippen molar-refractivity contribution in [3.8, 4) is 17.2 Å². The topological polar surface area (TPSA) is 110 Å². The average Bonchev–Trinajstić information content (AvgIpc) is 3.61. The molecule has 0 saturated carbocycles. The molecule has 2 aromatic carbocycles. The van der Waals surface area contributed by atoms with E-state index in [0.29, 0.717) is 48.5 Å². The number of hydrogen-bond acceptors (Lipinski definition) is 8. The summed E-state index contributed by atoms with van der Waals surface area (Å²) >= 11 is 0. The van der Waals surface area contributed by atoms with Crippen LogP contribution in [0, 0.1) is 11.3 Å². The van der Waals surface area contributed by atoms with Crippen LogP contribution < -0.4 is 0 Å². The van der Waals surface area contributed by atoms with Gasteiger partial charge in [0.05, 0.1) is 29.2 Å². The van der Waals surface area contributed by atoms with Gasteiger partial charge in [-0.25, -0.2) is 17.4 Å². The van der Waals surface area contributed by atoms with Crippen molar-refractivity contribution in [1.82, 2.24) is 14.0 Å². The number of pyridine rings is 1. The first-order chi connectivity index (χ1) is 19.4. The summed E-state index contributed by atoms with van der Waals surface area (Å²) in [4.78, 5) is 4.81. The SMILES string of the molecule is CN1CC(c2cnc3c(c2)c(-c2ccc(COC4CCOCC4)c(C#N)c2)cn3S(=O)(=O)c2ccccc2)C=N1. The van der Waals surface area contributed by atoms with Gasteiger partial charge in [0.25, 0.3) is 10.0 Å². The second-order valence-electron chi connectivity index (χ2n) is 10.1. The number of aromatic nitrogens is 2. The summed E-state index contributed by atoms with van der Waals surface area (Å²) in [6.45, 7) is 2.41. The van der Waals surface area contributed by atoms with Gasteiger partial charge in [-0.1, -0.05) is 30.3 Å². The number of nitriles is 1. The first kappa shape index (κ1) is 26.2. The van der Waals surface area contributed by atoms with Crippen molar-refractivity contribution >= 4 is 27.3 Å². The van der Waals surface area contributed by atoms with Crippen LogP contribution >= 0.6 is 0 Å². The van der Waals surface area contributed by atoms with E-state index in [1.807, 2.05) is 36.5 Å². The molecule has 2 aliphatic rings. The zero-order chi connectivity index (χ0) is 27.7. The van der Waals surface area contributed by atoms with Gasteiger partial charge < -0.3 is 9.47 Å². The van der Waals surface area contributed by atoms with E-state index in [2.05, 4.69) is 16.2 Å². The van der Waals surface area contributed by atoms with Gasteiger partial charge in [-0.3, -0.25) is 5.01 Å². The molecule has 9 nitrogen and oxygen atoms in total. The van der Waals surface area contributed by atoms with Crippen LogP contribution in [0.4, 0.5) is 0 Å². The molecule has 0 amide bonds. The zero-order valence-corrected chi connectivity index (χ0v) is 22.9. The first-order valence-corrected chi connectivity index (χ1v) is 14.7. The van der Waals surface area contributed by atoms with E-state index < -0.39 is 10.0 Å². The smallest absolute Gasteiger partial charge is 0.269 e. The molecule has 0 radical (unpaired) electrons. The van der Waals surface area contributed by atoms with Crippen LogP contribution in [0.3, 0.4) is 0 Å².